The van der Waals surface area contributed by atoms with Crippen molar-refractivity contribution >= 4 is 17.7 Å². The third-order valence-electron chi connectivity index (χ3n) is 4.59. The second kappa shape index (κ2) is 6.40. The van der Waals surface area contributed by atoms with Crippen molar-refractivity contribution in [2.24, 2.45) is 13.0 Å². The van der Waals surface area contributed by atoms with Gasteiger partial charge >= 0.3 is 0 Å². The van der Waals surface area contributed by atoms with E-state index in [9.17, 15) is 4.79 Å². The molecule has 1 amide bonds. The number of hydrogen-bond donors (Lipinski definition) is 1. The molecular weight excluding hydrogens is 284 g/mol. The molecule has 3 rings (SSSR count). The number of carbonyl (C=O) groups excluding carboxylic acids is 1. The van der Waals surface area contributed by atoms with Gasteiger partial charge in [-0.2, -0.15) is 16.9 Å². The minimum Gasteiger partial charge on any atom is -0.338 e. The Kier molecular flexibility index (Phi) is 4.54. The normalized spacial score (nSPS) is 30.1. The average Bonchev–Trinajstić information content (AvgIpc) is 3.02. The number of nitrogens with one attached hydrogen (secondary N) is 1. The smallest absolute Gasteiger partial charge is 0.223 e. The quantitative estimate of drug-likeness (QED) is 0.914. The Morgan fingerprint density at radius 2 is 2.33 bits per heavy atom. The fraction of sp³-hybridized carbons (Fsp3) is 0.733. The van der Waals surface area contributed by atoms with E-state index in [-0.39, 0.29) is 11.9 Å². The number of rotatable bonds is 4. The summed E-state index contributed by atoms with van der Waals surface area (Å²) >= 11 is 2.03. The Morgan fingerprint density at radius 1 is 1.48 bits per heavy atom. The molecule has 3 heterocycles. The van der Waals surface area contributed by atoms with Gasteiger partial charge < -0.3 is 10.2 Å². The third kappa shape index (κ3) is 3.26. The predicted molar refractivity (Wildman–Crippen MR) is 85.2 cm³/mol. The molecule has 1 N–H and O–H groups in total. The maximum Gasteiger partial charge on any atom is 0.223 e. The van der Waals surface area contributed by atoms with Crippen LogP contribution in [0.3, 0.4) is 0 Å². The van der Waals surface area contributed by atoms with E-state index in [0.717, 1.165) is 12.1 Å². The average molecular weight is 308 g/mol. The van der Waals surface area contributed by atoms with Crippen LogP contribution in [0.5, 0.6) is 0 Å². The van der Waals surface area contributed by atoms with Gasteiger partial charge in [-0.1, -0.05) is 0 Å². The van der Waals surface area contributed by atoms with Gasteiger partial charge in [0, 0.05) is 56.5 Å². The number of likely N-dealkylation sites (tertiary alicyclic amines) is 1. The summed E-state index contributed by atoms with van der Waals surface area (Å²) in [4.78, 5) is 14.0. The molecule has 2 fully saturated rings. The lowest BCUT2D eigenvalue weighted by Crippen LogP contribution is -2.38. The van der Waals surface area contributed by atoms with Crippen molar-refractivity contribution in [3.05, 3.63) is 18.0 Å². The van der Waals surface area contributed by atoms with Crippen molar-refractivity contribution in [2.75, 3.05) is 25.1 Å². The Morgan fingerprint density at radius 3 is 3.00 bits per heavy atom. The van der Waals surface area contributed by atoms with Gasteiger partial charge in [-0.3, -0.25) is 9.48 Å². The standard InChI is InChI=1S/C15H24N4OS/c1-18-9-12(8-17-18)15-11(6-14(20)19(15)2)7-16-13-4-3-5-21-10-13/h8-9,11,13,15-16H,3-7,10H2,1-2H3/t11-,13?,15+/m0/s1. The number of nitrogens with zero attached hydrogens (tertiary/aromatic N) is 3. The topological polar surface area (TPSA) is 50.2 Å². The van der Waals surface area contributed by atoms with Crippen molar-refractivity contribution in [1.82, 2.24) is 20.0 Å². The molecule has 2 saturated heterocycles. The molecule has 0 aliphatic carbocycles. The first kappa shape index (κ1) is 14.9. The summed E-state index contributed by atoms with van der Waals surface area (Å²) in [7, 11) is 3.84. The van der Waals surface area contributed by atoms with Crippen LogP contribution < -0.4 is 5.32 Å². The van der Waals surface area contributed by atoms with Crippen LogP contribution in [-0.2, 0) is 11.8 Å². The van der Waals surface area contributed by atoms with Gasteiger partial charge in [0.05, 0.1) is 12.2 Å². The highest BCUT2D eigenvalue weighted by molar-refractivity contribution is 7.99. The zero-order chi connectivity index (χ0) is 14.8. The maximum absolute atomic E-state index is 12.1. The van der Waals surface area contributed by atoms with Crippen molar-refractivity contribution in [3.8, 4) is 0 Å². The van der Waals surface area contributed by atoms with Crippen molar-refractivity contribution in [1.29, 1.82) is 0 Å². The summed E-state index contributed by atoms with van der Waals surface area (Å²) in [6, 6.07) is 0.772. The molecule has 3 atom stereocenters. The van der Waals surface area contributed by atoms with Crippen LogP contribution in [0.4, 0.5) is 0 Å². The molecule has 1 aromatic heterocycles. The zero-order valence-corrected chi connectivity index (χ0v) is 13.6. The van der Waals surface area contributed by atoms with E-state index in [1.807, 2.05) is 47.8 Å². The van der Waals surface area contributed by atoms with E-state index in [1.165, 1.54) is 24.3 Å². The Balaban J connectivity index is 1.65. The highest BCUT2D eigenvalue weighted by Crippen LogP contribution is 2.36. The molecule has 1 unspecified atom stereocenters. The first-order chi connectivity index (χ1) is 10.1. The van der Waals surface area contributed by atoms with Crippen LogP contribution >= 0.6 is 11.8 Å². The van der Waals surface area contributed by atoms with Crippen LogP contribution in [-0.4, -0.2) is 51.7 Å². The SMILES string of the molecule is CN1C(=O)C[C@@H](CNC2CCCSC2)[C@@H]1c1cnn(C)c1. The van der Waals surface area contributed by atoms with Gasteiger partial charge in [0.15, 0.2) is 0 Å². The van der Waals surface area contributed by atoms with E-state index < -0.39 is 0 Å². The maximum atomic E-state index is 12.1. The Hall–Kier alpha value is -1.01. The molecule has 2 aliphatic heterocycles. The monoisotopic (exact) mass is 308 g/mol. The molecule has 1 aromatic rings. The van der Waals surface area contributed by atoms with E-state index in [4.69, 9.17) is 0 Å². The number of aryl methyl sites for hydroxylation is 1. The summed E-state index contributed by atoms with van der Waals surface area (Å²) < 4.78 is 1.81. The number of aromatic nitrogens is 2. The van der Waals surface area contributed by atoms with Gasteiger partial charge in [-0.05, 0) is 18.6 Å². The molecule has 6 heteroatoms. The summed E-state index contributed by atoms with van der Waals surface area (Å²) in [5, 5.41) is 7.94. The fourth-order valence-electron chi connectivity index (χ4n) is 3.44. The van der Waals surface area contributed by atoms with Gasteiger partial charge in [-0.15, -0.1) is 0 Å². The van der Waals surface area contributed by atoms with Crippen LogP contribution in [0.1, 0.15) is 30.9 Å². The first-order valence-electron chi connectivity index (χ1n) is 7.70. The predicted octanol–water partition coefficient (Wildman–Crippen LogP) is 1.42. The van der Waals surface area contributed by atoms with Gasteiger partial charge in [0.2, 0.25) is 5.91 Å². The molecule has 116 valence electrons. The van der Waals surface area contributed by atoms with Crippen LogP contribution in [0.2, 0.25) is 0 Å². The second-order valence-corrected chi connectivity index (χ2v) is 7.33. The van der Waals surface area contributed by atoms with Gasteiger partial charge in [0.25, 0.3) is 0 Å². The van der Waals surface area contributed by atoms with Crippen LogP contribution in [0.25, 0.3) is 0 Å². The molecule has 5 nitrogen and oxygen atoms in total. The largest absolute Gasteiger partial charge is 0.338 e. The molecule has 0 spiro atoms. The number of hydrogen-bond acceptors (Lipinski definition) is 4. The van der Waals surface area contributed by atoms with E-state index in [2.05, 4.69) is 10.4 Å². The van der Waals surface area contributed by atoms with E-state index >= 15 is 0 Å². The Bertz CT molecular complexity index is 498. The lowest BCUT2D eigenvalue weighted by molar-refractivity contribution is -0.127. The summed E-state index contributed by atoms with van der Waals surface area (Å²) in [6.45, 7) is 0.918. The molecule has 2 aliphatic rings. The lowest BCUT2D eigenvalue weighted by Gasteiger charge is -2.27. The number of carbonyl (C=O) groups is 1. The minimum atomic E-state index is 0.162. The minimum absolute atomic E-state index is 0.162. The third-order valence-corrected chi connectivity index (χ3v) is 5.80. The second-order valence-electron chi connectivity index (χ2n) is 6.18. The first-order valence-corrected chi connectivity index (χ1v) is 8.86. The number of amides is 1. The summed E-state index contributed by atoms with van der Waals surface area (Å²) in [5.41, 5.74) is 1.15. The van der Waals surface area contributed by atoms with Crippen molar-refractivity contribution in [3.63, 3.8) is 0 Å². The van der Waals surface area contributed by atoms with Gasteiger partial charge in [0.1, 0.15) is 0 Å². The zero-order valence-electron chi connectivity index (χ0n) is 12.8. The van der Waals surface area contributed by atoms with E-state index in [1.54, 1.807) is 0 Å². The fourth-order valence-corrected chi connectivity index (χ4v) is 4.55. The highest BCUT2D eigenvalue weighted by Gasteiger charge is 2.39. The van der Waals surface area contributed by atoms with Gasteiger partial charge in [-0.25, -0.2) is 0 Å². The van der Waals surface area contributed by atoms with Crippen molar-refractivity contribution in [2.45, 2.75) is 31.3 Å². The highest BCUT2D eigenvalue weighted by atomic mass is 32.2. The van der Waals surface area contributed by atoms with Crippen LogP contribution in [0, 0.1) is 5.92 Å². The molecule has 0 radical (unpaired) electrons. The Labute approximate surface area is 130 Å². The van der Waals surface area contributed by atoms with Crippen LogP contribution in [0.15, 0.2) is 12.4 Å². The van der Waals surface area contributed by atoms with Crippen molar-refractivity contribution < 1.29 is 4.79 Å². The number of thioether (sulfide) groups is 1. The molecular formula is C15H24N4OS. The molecule has 0 aromatic carbocycles. The summed E-state index contributed by atoms with van der Waals surface area (Å²) in [5.74, 6) is 3.09. The molecule has 0 saturated carbocycles. The molecule has 0 bridgehead atoms. The summed E-state index contributed by atoms with van der Waals surface area (Å²) in [6.07, 6.45) is 7.13. The lowest BCUT2D eigenvalue weighted by atomic mass is 9.95. The van der Waals surface area contributed by atoms with E-state index in [0.29, 0.717) is 18.4 Å². The molecule has 21 heavy (non-hydrogen) atoms.